The first kappa shape index (κ1) is 15.9. The van der Waals surface area contributed by atoms with Gasteiger partial charge in [-0.25, -0.2) is 15.0 Å². The van der Waals surface area contributed by atoms with Crippen molar-refractivity contribution in [2.45, 2.75) is 33.2 Å². The molecule has 3 aromatic heterocycles. The van der Waals surface area contributed by atoms with Gasteiger partial charge in [-0.15, -0.1) is 11.3 Å². The maximum absolute atomic E-state index is 5.96. The van der Waals surface area contributed by atoms with Gasteiger partial charge in [0.15, 0.2) is 5.82 Å². The summed E-state index contributed by atoms with van der Waals surface area (Å²) in [6, 6.07) is 0. The molecule has 2 N–H and O–H groups in total. The Kier molecular flexibility index (Phi) is 4.88. The van der Waals surface area contributed by atoms with Crippen LogP contribution in [0.5, 0.6) is 0 Å². The number of imidazole rings is 1. The van der Waals surface area contributed by atoms with Crippen molar-refractivity contribution in [1.82, 2.24) is 19.5 Å². The van der Waals surface area contributed by atoms with Gasteiger partial charge in [-0.05, 0) is 25.8 Å². The lowest BCUT2D eigenvalue weighted by atomic mass is 10.2. The van der Waals surface area contributed by atoms with E-state index in [1.807, 2.05) is 24.8 Å². The van der Waals surface area contributed by atoms with E-state index < -0.39 is 0 Å². The number of nitrogens with two attached hydrogens (primary N) is 1. The smallest absolute Gasteiger partial charge is 0.151 e. The molecule has 0 saturated carbocycles. The van der Waals surface area contributed by atoms with Crippen molar-refractivity contribution in [1.29, 1.82) is 0 Å². The van der Waals surface area contributed by atoms with E-state index >= 15 is 0 Å². The molecule has 3 rings (SSSR count). The number of fused-ring (bicyclic) bond motifs is 1. The monoisotopic (exact) mass is 331 g/mol. The van der Waals surface area contributed by atoms with E-state index in [1.165, 1.54) is 5.01 Å². The number of hydrogen-bond donors (Lipinski definition) is 1. The molecule has 0 aliphatic heterocycles. The molecule has 0 fully saturated rings. The van der Waals surface area contributed by atoms with Gasteiger partial charge in [-0.3, -0.25) is 0 Å². The lowest BCUT2D eigenvalue weighted by Gasteiger charge is -2.09. The summed E-state index contributed by atoms with van der Waals surface area (Å²) in [6.07, 6.45) is 5.63. The number of rotatable bonds is 7. The van der Waals surface area contributed by atoms with Crippen molar-refractivity contribution in [3.63, 3.8) is 0 Å². The number of anilines is 1. The van der Waals surface area contributed by atoms with Crippen LogP contribution in [0.3, 0.4) is 0 Å². The van der Waals surface area contributed by atoms with Crippen LogP contribution in [0.1, 0.15) is 22.7 Å². The molecule has 0 bridgehead atoms. The summed E-state index contributed by atoms with van der Waals surface area (Å²) >= 11 is 1.69. The Labute approximate surface area is 139 Å². The summed E-state index contributed by atoms with van der Waals surface area (Å²) in [4.78, 5) is 13.0. The number of thiazole rings is 1. The van der Waals surface area contributed by atoms with E-state index in [0.717, 1.165) is 48.3 Å². The van der Waals surface area contributed by atoms with E-state index in [0.29, 0.717) is 12.4 Å². The van der Waals surface area contributed by atoms with E-state index in [1.54, 1.807) is 11.3 Å². The average Bonchev–Trinajstić information content (AvgIpc) is 3.18. The van der Waals surface area contributed by atoms with Gasteiger partial charge in [-0.1, -0.05) is 0 Å². The molecule has 0 saturated heterocycles. The van der Waals surface area contributed by atoms with Crippen molar-refractivity contribution >= 4 is 28.2 Å². The third kappa shape index (κ3) is 3.51. The molecule has 0 radical (unpaired) electrons. The first-order valence-electron chi connectivity index (χ1n) is 7.70. The normalized spacial score (nSPS) is 11.4. The van der Waals surface area contributed by atoms with E-state index in [-0.39, 0.29) is 0 Å². The molecular formula is C16H21N5OS. The number of aryl methyl sites for hydroxylation is 3. The number of pyridine rings is 1. The molecule has 3 heterocycles. The molecule has 0 unspecified atom stereocenters. The third-order valence-electron chi connectivity index (χ3n) is 3.91. The fourth-order valence-corrected chi connectivity index (χ4v) is 3.25. The van der Waals surface area contributed by atoms with Crippen LogP contribution in [0.15, 0.2) is 17.9 Å². The Hall–Kier alpha value is -1.99. The second-order valence-electron chi connectivity index (χ2n) is 5.48. The molecule has 23 heavy (non-hydrogen) atoms. The minimum Gasteiger partial charge on any atom is -0.382 e. The van der Waals surface area contributed by atoms with E-state index in [4.69, 9.17) is 10.5 Å². The van der Waals surface area contributed by atoms with Crippen molar-refractivity contribution in [3.8, 4) is 0 Å². The SMILES string of the molecule is Cc1nc(N)c2ncn(CCOCCCc3nccs3)c2c1C. The Balaban J connectivity index is 1.53. The van der Waals surface area contributed by atoms with Crippen LogP contribution in [0.4, 0.5) is 5.82 Å². The highest BCUT2D eigenvalue weighted by atomic mass is 32.1. The van der Waals surface area contributed by atoms with Crippen LogP contribution >= 0.6 is 11.3 Å². The minimum absolute atomic E-state index is 0.492. The Morgan fingerprint density at radius 2 is 2.13 bits per heavy atom. The molecule has 0 atom stereocenters. The standard InChI is InChI=1S/C16H21N5OS/c1-11-12(2)20-16(17)14-15(11)21(10-19-14)6-8-22-7-3-4-13-18-5-9-23-13/h5,9-10H,3-4,6-8H2,1-2H3,(H2,17,20). The fraction of sp³-hybridized carbons (Fsp3) is 0.438. The van der Waals surface area contributed by atoms with Crippen LogP contribution in [-0.2, 0) is 17.7 Å². The minimum atomic E-state index is 0.492. The van der Waals surface area contributed by atoms with Crippen LogP contribution in [0.25, 0.3) is 11.0 Å². The molecule has 0 aliphatic rings. The summed E-state index contributed by atoms with van der Waals surface area (Å²) in [5.74, 6) is 0.492. The summed E-state index contributed by atoms with van der Waals surface area (Å²) in [7, 11) is 0. The van der Waals surface area contributed by atoms with Crippen molar-refractivity contribution in [2.24, 2.45) is 0 Å². The van der Waals surface area contributed by atoms with Crippen molar-refractivity contribution < 1.29 is 4.74 Å². The number of nitrogen functional groups attached to an aromatic ring is 1. The molecule has 0 aromatic carbocycles. The summed E-state index contributed by atoms with van der Waals surface area (Å²) < 4.78 is 7.83. The predicted molar refractivity (Wildman–Crippen MR) is 92.7 cm³/mol. The highest BCUT2D eigenvalue weighted by molar-refractivity contribution is 7.09. The zero-order valence-electron chi connectivity index (χ0n) is 13.5. The lowest BCUT2D eigenvalue weighted by molar-refractivity contribution is 0.125. The quantitative estimate of drug-likeness (QED) is 0.673. The Morgan fingerprint density at radius 1 is 1.26 bits per heavy atom. The maximum atomic E-state index is 5.96. The number of hydrogen-bond acceptors (Lipinski definition) is 6. The van der Waals surface area contributed by atoms with Crippen LogP contribution in [0, 0.1) is 13.8 Å². The molecule has 0 spiro atoms. The predicted octanol–water partition coefficient (Wildman–Crippen LogP) is 2.74. The van der Waals surface area contributed by atoms with E-state index in [2.05, 4.69) is 26.4 Å². The largest absolute Gasteiger partial charge is 0.382 e. The van der Waals surface area contributed by atoms with Gasteiger partial charge in [-0.2, -0.15) is 0 Å². The summed E-state index contributed by atoms with van der Waals surface area (Å²) in [6.45, 7) is 6.18. The van der Waals surface area contributed by atoms with Gasteiger partial charge in [0.05, 0.1) is 23.5 Å². The second-order valence-corrected chi connectivity index (χ2v) is 6.46. The first-order valence-corrected chi connectivity index (χ1v) is 8.58. The number of aromatic nitrogens is 4. The molecule has 0 amide bonds. The topological polar surface area (TPSA) is 78.8 Å². The van der Waals surface area contributed by atoms with Gasteiger partial charge in [0, 0.05) is 36.8 Å². The zero-order chi connectivity index (χ0) is 16.2. The number of ether oxygens (including phenoxy) is 1. The Bertz CT molecular complexity index is 781. The highest BCUT2D eigenvalue weighted by Crippen LogP contribution is 2.23. The van der Waals surface area contributed by atoms with E-state index in [9.17, 15) is 0 Å². The second kappa shape index (κ2) is 7.06. The first-order chi connectivity index (χ1) is 11.2. The molecular weight excluding hydrogens is 310 g/mol. The van der Waals surface area contributed by atoms with Gasteiger partial charge in [0.25, 0.3) is 0 Å². The highest BCUT2D eigenvalue weighted by Gasteiger charge is 2.12. The zero-order valence-corrected chi connectivity index (χ0v) is 14.3. The molecule has 6 nitrogen and oxygen atoms in total. The lowest BCUT2D eigenvalue weighted by Crippen LogP contribution is -2.08. The number of nitrogens with zero attached hydrogens (tertiary/aromatic N) is 4. The molecule has 3 aromatic rings. The fourth-order valence-electron chi connectivity index (χ4n) is 2.59. The average molecular weight is 331 g/mol. The van der Waals surface area contributed by atoms with Crippen molar-refractivity contribution in [3.05, 3.63) is 34.2 Å². The third-order valence-corrected chi connectivity index (χ3v) is 4.75. The van der Waals surface area contributed by atoms with Crippen molar-refractivity contribution in [2.75, 3.05) is 18.9 Å². The van der Waals surface area contributed by atoms with Gasteiger partial charge in [0.2, 0.25) is 0 Å². The summed E-state index contributed by atoms with van der Waals surface area (Å²) in [5, 5.41) is 3.17. The van der Waals surface area contributed by atoms with Gasteiger partial charge < -0.3 is 15.0 Å². The molecule has 0 aliphatic carbocycles. The maximum Gasteiger partial charge on any atom is 0.151 e. The van der Waals surface area contributed by atoms with Gasteiger partial charge >= 0.3 is 0 Å². The molecule has 7 heteroatoms. The van der Waals surface area contributed by atoms with Gasteiger partial charge in [0.1, 0.15) is 5.52 Å². The van der Waals surface area contributed by atoms with Crippen LogP contribution in [-0.4, -0.2) is 32.7 Å². The van der Waals surface area contributed by atoms with Crippen LogP contribution < -0.4 is 5.73 Å². The Morgan fingerprint density at radius 3 is 2.91 bits per heavy atom. The molecule has 122 valence electrons. The van der Waals surface area contributed by atoms with Crippen LogP contribution in [0.2, 0.25) is 0 Å². The summed E-state index contributed by atoms with van der Waals surface area (Å²) in [5.41, 5.74) is 9.85.